The summed E-state index contributed by atoms with van der Waals surface area (Å²) in [4.78, 5) is 3.34. The fraction of sp³-hybridized carbons (Fsp3) is 0.421. The number of aromatic amines is 1. The summed E-state index contributed by atoms with van der Waals surface area (Å²) in [7, 11) is 0. The van der Waals surface area contributed by atoms with Crippen molar-refractivity contribution in [1.29, 1.82) is 0 Å². The van der Waals surface area contributed by atoms with Gasteiger partial charge in [-0.3, -0.25) is 4.68 Å². The van der Waals surface area contributed by atoms with Crippen LogP contribution in [0.1, 0.15) is 30.7 Å². The third kappa shape index (κ3) is 2.85. The van der Waals surface area contributed by atoms with E-state index in [-0.39, 0.29) is 6.10 Å². The summed E-state index contributed by atoms with van der Waals surface area (Å²) in [6, 6.07) is 10.6. The van der Waals surface area contributed by atoms with E-state index in [9.17, 15) is 0 Å². The van der Waals surface area contributed by atoms with Crippen LogP contribution in [0, 0.1) is 5.92 Å². The topological polar surface area (TPSA) is 54.9 Å². The molecule has 2 atom stereocenters. The number of ether oxygens (including phenoxy) is 1. The van der Waals surface area contributed by atoms with Gasteiger partial charge >= 0.3 is 0 Å². The first kappa shape index (κ1) is 15.4. The van der Waals surface area contributed by atoms with E-state index in [0.717, 1.165) is 32.7 Å². The quantitative estimate of drug-likeness (QED) is 0.732. The fourth-order valence-electron chi connectivity index (χ4n) is 3.71. The van der Waals surface area contributed by atoms with Crippen LogP contribution in [0.15, 0.2) is 42.7 Å². The Morgan fingerprint density at radius 1 is 1.33 bits per heavy atom. The molecular formula is C19H24N4O. The van der Waals surface area contributed by atoms with E-state index in [1.807, 2.05) is 17.1 Å². The van der Waals surface area contributed by atoms with Gasteiger partial charge in [-0.25, -0.2) is 0 Å². The van der Waals surface area contributed by atoms with Gasteiger partial charge in [0, 0.05) is 50.1 Å². The Balaban J connectivity index is 1.41. The Hall–Kier alpha value is -2.11. The average Bonchev–Trinajstić information content (AvgIpc) is 3.34. The lowest BCUT2D eigenvalue weighted by atomic mass is 9.98. The number of aromatic nitrogens is 3. The monoisotopic (exact) mass is 324 g/mol. The third-order valence-corrected chi connectivity index (χ3v) is 4.95. The molecule has 126 valence electrons. The maximum absolute atomic E-state index is 6.01. The zero-order valence-electron chi connectivity index (χ0n) is 14.0. The zero-order chi connectivity index (χ0) is 16.4. The van der Waals surface area contributed by atoms with Gasteiger partial charge < -0.3 is 15.0 Å². The van der Waals surface area contributed by atoms with Crippen LogP contribution in [0.5, 0.6) is 0 Å². The number of H-pyrrole nitrogens is 1. The maximum atomic E-state index is 6.01. The molecule has 4 rings (SSSR count). The minimum Gasteiger partial charge on any atom is -0.372 e. The van der Waals surface area contributed by atoms with Crippen molar-refractivity contribution in [3.05, 3.63) is 54.0 Å². The van der Waals surface area contributed by atoms with Crippen LogP contribution < -0.4 is 5.32 Å². The van der Waals surface area contributed by atoms with Gasteiger partial charge in [-0.05, 0) is 36.4 Å². The molecule has 0 saturated carbocycles. The minimum absolute atomic E-state index is 0.154. The molecule has 24 heavy (non-hydrogen) atoms. The summed E-state index contributed by atoms with van der Waals surface area (Å²) in [5.41, 5.74) is 3.74. The van der Waals surface area contributed by atoms with Crippen LogP contribution in [0.25, 0.3) is 10.9 Å². The normalized spacial score (nSPS) is 20.9. The summed E-state index contributed by atoms with van der Waals surface area (Å²) >= 11 is 0. The predicted molar refractivity (Wildman–Crippen MR) is 94.7 cm³/mol. The van der Waals surface area contributed by atoms with Crippen molar-refractivity contribution in [2.24, 2.45) is 5.92 Å². The second-order valence-corrected chi connectivity index (χ2v) is 6.40. The van der Waals surface area contributed by atoms with Gasteiger partial charge in [-0.15, -0.1) is 0 Å². The lowest BCUT2D eigenvalue weighted by Crippen LogP contribution is -2.25. The lowest BCUT2D eigenvalue weighted by Gasteiger charge is -2.20. The van der Waals surface area contributed by atoms with Gasteiger partial charge in [-0.1, -0.05) is 18.2 Å². The Kier molecular flexibility index (Phi) is 4.36. The SMILES string of the molecule is CCn1nccc1[C@@H]1OCC[C@H]1CNCc1cccc2cc[nH]c12. The van der Waals surface area contributed by atoms with Crippen LogP contribution in [-0.2, 0) is 17.8 Å². The number of nitrogens with one attached hydrogen (secondary N) is 2. The van der Waals surface area contributed by atoms with Crippen molar-refractivity contribution < 1.29 is 4.74 Å². The number of benzene rings is 1. The van der Waals surface area contributed by atoms with Crippen molar-refractivity contribution in [3.8, 4) is 0 Å². The molecule has 0 spiro atoms. The molecule has 1 aromatic carbocycles. The first-order valence-electron chi connectivity index (χ1n) is 8.76. The molecule has 2 aromatic heterocycles. The van der Waals surface area contributed by atoms with Crippen LogP contribution in [0.2, 0.25) is 0 Å². The highest BCUT2D eigenvalue weighted by Crippen LogP contribution is 2.34. The summed E-state index contributed by atoms with van der Waals surface area (Å²) in [5.74, 6) is 0.495. The first-order chi connectivity index (χ1) is 11.9. The standard InChI is InChI=1S/C19H24N4O/c1-2-23-17(7-10-22-23)19-16(8-11-24-19)13-20-12-15-5-3-4-14-6-9-21-18(14)15/h3-7,9-10,16,19-21H,2,8,11-13H2,1H3/t16-,19+/m0/s1. The van der Waals surface area contributed by atoms with Crippen LogP contribution in [-0.4, -0.2) is 27.9 Å². The van der Waals surface area contributed by atoms with E-state index >= 15 is 0 Å². The highest BCUT2D eigenvalue weighted by atomic mass is 16.5. The maximum Gasteiger partial charge on any atom is 0.103 e. The molecule has 2 N–H and O–H groups in total. The zero-order valence-corrected chi connectivity index (χ0v) is 14.0. The minimum atomic E-state index is 0.154. The number of aryl methyl sites for hydroxylation is 1. The van der Waals surface area contributed by atoms with Crippen molar-refractivity contribution in [3.63, 3.8) is 0 Å². The summed E-state index contributed by atoms with van der Waals surface area (Å²) in [6.07, 6.45) is 5.12. The Morgan fingerprint density at radius 2 is 2.29 bits per heavy atom. The molecule has 5 heteroatoms. The molecule has 5 nitrogen and oxygen atoms in total. The van der Waals surface area contributed by atoms with Crippen LogP contribution in [0.3, 0.4) is 0 Å². The van der Waals surface area contributed by atoms with Crippen LogP contribution in [0.4, 0.5) is 0 Å². The smallest absolute Gasteiger partial charge is 0.103 e. The first-order valence-corrected chi connectivity index (χ1v) is 8.76. The van der Waals surface area contributed by atoms with E-state index in [2.05, 4.69) is 52.7 Å². The largest absolute Gasteiger partial charge is 0.372 e. The molecule has 0 aliphatic carbocycles. The molecule has 0 bridgehead atoms. The summed E-state index contributed by atoms with van der Waals surface area (Å²) < 4.78 is 8.05. The Morgan fingerprint density at radius 3 is 3.21 bits per heavy atom. The highest BCUT2D eigenvalue weighted by molar-refractivity contribution is 5.82. The van der Waals surface area contributed by atoms with E-state index < -0.39 is 0 Å². The molecule has 1 aliphatic heterocycles. The fourth-order valence-corrected chi connectivity index (χ4v) is 3.71. The number of para-hydroxylation sites is 1. The molecule has 1 saturated heterocycles. The van der Waals surface area contributed by atoms with Gasteiger partial charge in [0.15, 0.2) is 0 Å². The van der Waals surface area contributed by atoms with Crippen molar-refractivity contribution in [2.45, 2.75) is 32.5 Å². The molecule has 0 amide bonds. The van der Waals surface area contributed by atoms with Gasteiger partial charge in [0.25, 0.3) is 0 Å². The lowest BCUT2D eigenvalue weighted by molar-refractivity contribution is 0.0830. The summed E-state index contributed by atoms with van der Waals surface area (Å²) in [5, 5.41) is 9.27. The van der Waals surface area contributed by atoms with Crippen molar-refractivity contribution >= 4 is 10.9 Å². The number of hydrogen-bond donors (Lipinski definition) is 2. The number of hydrogen-bond acceptors (Lipinski definition) is 3. The van der Waals surface area contributed by atoms with E-state index in [1.54, 1.807) is 0 Å². The second-order valence-electron chi connectivity index (χ2n) is 6.40. The van der Waals surface area contributed by atoms with Gasteiger partial charge in [0.05, 0.1) is 5.69 Å². The molecule has 3 heterocycles. The second kappa shape index (κ2) is 6.79. The molecule has 3 aromatic rings. The van der Waals surface area contributed by atoms with E-state index in [1.165, 1.54) is 22.2 Å². The van der Waals surface area contributed by atoms with Crippen molar-refractivity contribution in [2.75, 3.05) is 13.2 Å². The summed E-state index contributed by atoms with van der Waals surface area (Å²) in [6.45, 7) is 5.66. The van der Waals surface area contributed by atoms with Gasteiger partial charge in [-0.2, -0.15) is 5.10 Å². The Bertz CT molecular complexity index is 806. The molecule has 0 unspecified atom stereocenters. The van der Waals surface area contributed by atoms with Gasteiger partial charge in [0.1, 0.15) is 6.10 Å². The molecular weight excluding hydrogens is 300 g/mol. The van der Waals surface area contributed by atoms with Gasteiger partial charge in [0.2, 0.25) is 0 Å². The predicted octanol–water partition coefficient (Wildman–Crippen LogP) is 3.25. The Labute approximate surface area is 142 Å². The average molecular weight is 324 g/mol. The highest BCUT2D eigenvalue weighted by Gasteiger charge is 2.31. The van der Waals surface area contributed by atoms with E-state index in [0.29, 0.717) is 5.92 Å². The molecule has 1 aliphatic rings. The number of rotatable bonds is 6. The number of fused-ring (bicyclic) bond motifs is 1. The molecule has 1 fully saturated rings. The third-order valence-electron chi connectivity index (χ3n) is 4.95. The molecule has 0 radical (unpaired) electrons. The van der Waals surface area contributed by atoms with Crippen LogP contribution >= 0.6 is 0 Å². The van der Waals surface area contributed by atoms with Crippen molar-refractivity contribution in [1.82, 2.24) is 20.1 Å². The number of nitrogens with zero attached hydrogens (tertiary/aromatic N) is 2. The van der Waals surface area contributed by atoms with E-state index in [4.69, 9.17) is 4.74 Å².